The second-order valence-corrected chi connectivity index (χ2v) is 4.99. The van der Waals surface area contributed by atoms with Crippen molar-refractivity contribution in [3.8, 4) is 6.07 Å². The first-order valence-electron chi connectivity index (χ1n) is 6.31. The highest BCUT2D eigenvalue weighted by Gasteiger charge is 2.19. The molecule has 0 spiro atoms. The molecule has 0 radical (unpaired) electrons. The SMILES string of the molecule is Cc1nnc(NC2CCCN(C)C2)c(C#N)c1C. The van der Waals surface area contributed by atoms with Crippen LogP contribution in [0.4, 0.5) is 5.82 Å². The van der Waals surface area contributed by atoms with E-state index < -0.39 is 0 Å². The van der Waals surface area contributed by atoms with Crippen LogP contribution in [-0.2, 0) is 0 Å². The molecule has 0 bridgehead atoms. The van der Waals surface area contributed by atoms with E-state index in [1.165, 1.54) is 6.42 Å². The smallest absolute Gasteiger partial charge is 0.167 e. The molecule has 0 aromatic carbocycles. The average molecular weight is 245 g/mol. The first kappa shape index (κ1) is 12.8. The molecule has 5 heteroatoms. The molecule has 0 amide bonds. The molecule has 1 saturated heterocycles. The quantitative estimate of drug-likeness (QED) is 0.854. The number of aryl methyl sites for hydroxylation is 1. The van der Waals surface area contributed by atoms with Gasteiger partial charge in [-0.15, -0.1) is 5.10 Å². The Labute approximate surface area is 108 Å². The number of aromatic nitrogens is 2. The summed E-state index contributed by atoms with van der Waals surface area (Å²) >= 11 is 0. The van der Waals surface area contributed by atoms with Gasteiger partial charge in [0.1, 0.15) is 11.6 Å². The van der Waals surface area contributed by atoms with Gasteiger partial charge in [-0.05, 0) is 45.8 Å². The maximum atomic E-state index is 9.24. The molecule has 1 unspecified atom stereocenters. The minimum absolute atomic E-state index is 0.354. The summed E-state index contributed by atoms with van der Waals surface area (Å²) in [4.78, 5) is 2.29. The zero-order valence-corrected chi connectivity index (χ0v) is 11.2. The third-order valence-electron chi connectivity index (χ3n) is 3.53. The molecular weight excluding hydrogens is 226 g/mol. The number of piperidine rings is 1. The molecule has 96 valence electrons. The Kier molecular flexibility index (Phi) is 3.78. The van der Waals surface area contributed by atoms with Crippen molar-refractivity contribution < 1.29 is 0 Å². The third-order valence-corrected chi connectivity index (χ3v) is 3.53. The summed E-state index contributed by atoms with van der Waals surface area (Å²) in [5.41, 5.74) is 2.35. The Morgan fingerprint density at radius 3 is 2.83 bits per heavy atom. The van der Waals surface area contributed by atoms with Crippen molar-refractivity contribution >= 4 is 5.82 Å². The number of nitrogens with one attached hydrogen (secondary N) is 1. The number of rotatable bonds is 2. The molecule has 1 atom stereocenters. The maximum absolute atomic E-state index is 9.24. The van der Waals surface area contributed by atoms with E-state index in [0.717, 1.165) is 30.8 Å². The van der Waals surface area contributed by atoms with Crippen LogP contribution in [0, 0.1) is 25.2 Å². The topological polar surface area (TPSA) is 64.8 Å². The molecule has 5 nitrogen and oxygen atoms in total. The Balaban J connectivity index is 2.19. The fourth-order valence-corrected chi connectivity index (χ4v) is 2.32. The van der Waals surface area contributed by atoms with E-state index in [1.54, 1.807) is 0 Å². The van der Waals surface area contributed by atoms with Crippen molar-refractivity contribution in [1.29, 1.82) is 5.26 Å². The highest BCUT2D eigenvalue weighted by Crippen LogP contribution is 2.20. The number of hydrogen-bond acceptors (Lipinski definition) is 5. The van der Waals surface area contributed by atoms with Crippen LogP contribution in [-0.4, -0.2) is 41.3 Å². The zero-order valence-electron chi connectivity index (χ0n) is 11.2. The highest BCUT2D eigenvalue weighted by atomic mass is 15.2. The zero-order chi connectivity index (χ0) is 13.1. The predicted molar refractivity (Wildman–Crippen MR) is 70.4 cm³/mol. The van der Waals surface area contributed by atoms with Gasteiger partial charge in [-0.1, -0.05) is 0 Å². The molecule has 1 aromatic rings. The Bertz CT molecular complexity index is 477. The summed E-state index contributed by atoms with van der Waals surface area (Å²) in [5, 5.41) is 20.8. The van der Waals surface area contributed by atoms with Crippen LogP contribution in [0.5, 0.6) is 0 Å². The lowest BCUT2D eigenvalue weighted by molar-refractivity contribution is 0.260. The molecule has 1 aliphatic heterocycles. The molecule has 0 aliphatic carbocycles. The van der Waals surface area contributed by atoms with Gasteiger partial charge >= 0.3 is 0 Å². The lowest BCUT2D eigenvalue weighted by Crippen LogP contribution is -2.40. The Morgan fingerprint density at radius 1 is 1.39 bits per heavy atom. The molecule has 1 aromatic heterocycles. The summed E-state index contributed by atoms with van der Waals surface area (Å²) < 4.78 is 0. The number of nitrogens with zero attached hydrogens (tertiary/aromatic N) is 4. The second kappa shape index (κ2) is 5.32. The van der Waals surface area contributed by atoms with Crippen LogP contribution in [0.1, 0.15) is 29.7 Å². The van der Waals surface area contributed by atoms with Crippen LogP contribution in [0.25, 0.3) is 0 Å². The van der Waals surface area contributed by atoms with Gasteiger partial charge in [0.15, 0.2) is 5.82 Å². The predicted octanol–water partition coefficient (Wildman–Crippen LogP) is 1.47. The molecule has 2 heterocycles. The number of likely N-dealkylation sites (N-methyl/N-ethyl adjacent to an activating group) is 1. The standard InChI is InChI=1S/C13H19N5/c1-9-10(2)16-17-13(12(9)7-14)15-11-5-4-6-18(3)8-11/h11H,4-6,8H2,1-3H3,(H,15,17). The van der Waals surface area contributed by atoms with Crippen LogP contribution in [0.3, 0.4) is 0 Å². The third kappa shape index (κ3) is 2.59. The van der Waals surface area contributed by atoms with Gasteiger partial charge in [0.05, 0.1) is 5.69 Å². The molecule has 18 heavy (non-hydrogen) atoms. The molecule has 0 saturated carbocycles. The van der Waals surface area contributed by atoms with Crippen molar-refractivity contribution in [2.24, 2.45) is 0 Å². The minimum Gasteiger partial charge on any atom is -0.363 e. The van der Waals surface area contributed by atoms with Crippen LogP contribution >= 0.6 is 0 Å². The van der Waals surface area contributed by atoms with Crippen LogP contribution in [0.15, 0.2) is 0 Å². The molecular formula is C13H19N5. The van der Waals surface area contributed by atoms with Gasteiger partial charge in [-0.3, -0.25) is 0 Å². The average Bonchev–Trinajstić information content (AvgIpc) is 2.34. The van der Waals surface area contributed by atoms with Gasteiger partial charge in [-0.25, -0.2) is 0 Å². The number of hydrogen-bond donors (Lipinski definition) is 1. The van der Waals surface area contributed by atoms with Crippen molar-refractivity contribution in [3.05, 3.63) is 16.8 Å². The van der Waals surface area contributed by atoms with Gasteiger partial charge in [-0.2, -0.15) is 10.4 Å². The molecule has 1 aliphatic rings. The Hall–Kier alpha value is -1.67. The van der Waals surface area contributed by atoms with Gasteiger partial charge in [0.2, 0.25) is 0 Å². The van der Waals surface area contributed by atoms with E-state index in [4.69, 9.17) is 0 Å². The van der Waals surface area contributed by atoms with Crippen molar-refractivity contribution in [2.45, 2.75) is 32.7 Å². The van der Waals surface area contributed by atoms with E-state index in [0.29, 0.717) is 17.4 Å². The largest absolute Gasteiger partial charge is 0.363 e. The molecule has 1 fully saturated rings. The highest BCUT2D eigenvalue weighted by molar-refractivity contribution is 5.56. The monoisotopic (exact) mass is 245 g/mol. The summed E-state index contributed by atoms with van der Waals surface area (Å²) in [6.07, 6.45) is 2.29. The summed E-state index contributed by atoms with van der Waals surface area (Å²) in [7, 11) is 2.12. The molecule has 2 rings (SSSR count). The molecule has 1 N–H and O–H groups in total. The van der Waals surface area contributed by atoms with Crippen LogP contribution in [0.2, 0.25) is 0 Å². The van der Waals surface area contributed by atoms with Crippen molar-refractivity contribution in [2.75, 3.05) is 25.5 Å². The summed E-state index contributed by atoms with van der Waals surface area (Å²) in [6, 6.07) is 2.58. The van der Waals surface area contributed by atoms with E-state index in [9.17, 15) is 5.26 Å². The van der Waals surface area contributed by atoms with Crippen molar-refractivity contribution in [1.82, 2.24) is 15.1 Å². The van der Waals surface area contributed by atoms with Crippen LogP contribution < -0.4 is 5.32 Å². The summed E-state index contributed by atoms with van der Waals surface area (Å²) in [6.45, 7) is 5.92. The summed E-state index contributed by atoms with van der Waals surface area (Å²) in [5.74, 6) is 0.626. The van der Waals surface area contributed by atoms with Crippen molar-refractivity contribution in [3.63, 3.8) is 0 Å². The van der Waals surface area contributed by atoms with Gasteiger partial charge in [0.25, 0.3) is 0 Å². The van der Waals surface area contributed by atoms with E-state index >= 15 is 0 Å². The van der Waals surface area contributed by atoms with Gasteiger partial charge in [0, 0.05) is 12.6 Å². The van der Waals surface area contributed by atoms with E-state index in [-0.39, 0.29) is 0 Å². The second-order valence-electron chi connectivity index (χ2n) is 4.99. The number of likely N-dealkylation sites (tertiary alicyclic amines) is 1. The first-order valence-corrected chi connectivity index (χ1v) is 6.31. The lowest BCUT2D eigenvalue weighted by atomic mass is 10.1. The van der Waals surface area contributed by atoms with E-state index in [1.807, 2.05) is 13.8 Å². The van der Waals surface area contributed by atoms with E-state index in [2.05, 4.69) is 33.5 Å². The Morgan fingerprint density at radius 2 is 2.17 bits per heavy atom. The first-order chi connectivity index (χ1) is 8.61. The fraction of sp³-hybridized carbons (Fsp3) is 0.615. The number of nitriles is 1. The van der Waals surface area contributed by atoms with Gasteiger partial charge < -0.3 is 10.2 Å². The maximum Gasteiger partial charge on any atom is 0.167 e. The lowest BCUT2D eigenvalue weighted by Gasteiger charge is -2.30. The minimum atomic E-state index is 0.354. The normalized spacial score (nSPS) is 20.4. The number of anilines is 1. The fourth-order valence-electron chi connectivity index (χ4n) is 2.32.